The van der Waals surface area contributed by atoms with Crippen LogP contribution in [0.25, 0.3) is 0 Å². The van der Waals surface area contributed by atoms with Gasteiger partial charge in [0.2, 0.25) is 0 Å². The fourth-order valence-electron chi connectivity index (χ4n) is 2.73. The number of ether oxygens (including phenoxy) is 1. The number of nitrogens with one attached hydrogen (secondary N) is 2. The summed E-state index contributed by atoms with van der Waals surface area (Å²) in [7, 11) is 1.80. The van der Waals surface area contributed by atoms with Gasteiger partial charge < -0.3 is 15.4 Å². The topological polar surface area (TPSA) is 45.7 Å². The minimum Gasteiger partial charge on any atom is -0.381 e. The van der Waals surface area contributed by atoms with Crippen LogP contribution in [0.4, 0.5) is 0 Å². The van der Waals surface area contributed by atoms with Crippen LogP contribution in [0.3, 0.4) is 0 Å². The molecule has 0 aromatic rings. The maximum absolute atomic E-state index is 5.49. The third kappa shape index (κ3) is 2.63. The normalized spacial score (nSPS) is 31.4. The molecule has 2 atom stereocenters. The summed E-state index contributed by atoms with van der Waals surface area (Å²) in [4.78, 5) is 4.54. The average molecular weight is 253 g/mol. The van der Waals surface area contributed by atoms with Gasteiger partial charge in [-0.2, -0.15) is 0 Å². The molecule has 4 nitrogen and oxygen atoms in total. The van der Waals surface area contributed by atoms with Crippen molar-refractivity contribution in [3.8, 4) is 0 Å². The van der Waals surface area contributed by atoms with E-state index < -0.39 is 0 Å². The highest BCUT2D eigenvalue weighted by Crippen LogP contribution is 2.42. The van der Waals surface area contributed by atoms with Gasteiger partial charge in [0.15, 0.2) is 5.96 Å². The molecule has 2 aliphatic rings. The second kappa shape index (κ2) is 5.47. The lowest BCUT2D eigenvalue weighted by molar-refractivity contribution is -0.0923. The standard InChI is InChI=1S/C14H27N3O/c1-5-15-13(16-10-7-6-8-10)17-11-9-12(18-4)14(11,2)3/h10-12H,5-9H2,1-4H3,(H2,15,16,17). The van der Waals surface area contributed by atoms with Gasteiger partial charge in [-0.1, -0.05) is 13.8 Å². The largest absolute Gasteiger partial charge is 0.381 e. The predicted octanol–water partition coefficient (Wildman–Crippen LogP) is 1.91. The number of guanidine groups is 1. The molecule has 0 aromatic heterocycles. The molecule has 2 saturated carbocycles. The van der Waals surface area contributed by atoms with Crippen LogP contribution in [0, 0.1) is 5.41 Å². The van der Waals surface area contributed by atoms with Crippen molar-refractivity contribution in [3.63, 3.8) is 0 Å². The van der Waals surface area contributed by atoms with Crippen LogP contribution in [0.15, 0.2) is 4.99 Å². The highest BCUT2D eigenvalue weighted by molar-refractivity contribution is 5.80. The number of methoxy groups -OCH3 is 1. The summed E-state index contributed by atoms with van der Waals surface area (Å²) in [5.41, 5.74) is 0.185. The molecule has 4 heteroatoms. The first-order valence-electron chi connectivity index (χ1n) is 7.18. The Balaban J connectivity index is 1.87. The fraction of sp³-hybridized carbons (Fsp3) is 0.929. The zero-order chi connectivity index (χ0) is 13.2. The molecule has 0 radical (unpaired) electrons. The minimum absolute atomic E-state index is 0.185. The van der Waals surface area contributed by atoms with E-state index in [2.05, 4.69) is 36.4 Å². The maximum Gasteiger partial charge on any atom is 0.191 e. The van der Waals surface area contributed by atoms with E-state index in [-0.39, 0.29) is 5.41 Å². The Morgan fingerprint density at radius 1 is 1.33 bits per heavy atom. The van der Waals surface area contributed by atoms with E-state index >= 15 is 0 Å². The second-order valence-corrected chi connectivity index (χ2v) is 6.07. The van der Waals surface area contributed by atoms with Crippen molar-refractivity contribution < 1.29 is 4.74 Å². The first-order chi connectivity index (χ1) is 8.57. The van der Waals surface area contributed by atoms with Gasteiger partial charge in [-0.25, -0.2) is 0 Å². The molecule has 0 aliphatic heterocycles. The summed E-state index contributed by atoms with van der Waals surface area (Å²) in [6.45, 7) is 7.42. The lowest BCUT2D eigenvalue weighted by atomic mass is 9.64. The molecule has 0 amide bonds. The molecule has 2 fully saturated rings. The van der Waals surface area contributed by atoms with E-state index in [0.29, 0.717) is 18.2 Å². The summed E-state index contributed by atoms with van der Waals surface area (Å²) >= 11 is 0. The van der Waals surface area contributed by atoms with E-state index in [1.54, 1.807) is 7.11 Å². The quantitative estimate of drug-likeness (QED) is 0.594. The Labute approximate surface area is 111 Å². The average Bonchev–Trinajstić information content (AvgIpc) is 2.28. The Bertz CT molecular complexity index is 310. The molecule has 0 spiro atoms. The van der Waals surface area contributed by atoms with Crippen molar-refractivity contribution in [2.45, 2.75) is 64.6 Å². The molecule has 18 heavy (non-hydrogen) atoms. The van der Waals surface area contributed by atoms with E-state index in [1.807, 2.05) is 0 Å². The lowest BCUT2D eigenvalue weighted by Gasteiger charge is -2.51. The van der Waals surface area contributed by atoms with Gasteiger partial charge in [0.05, 0.1) is 6.10 Å². The minimum atomic E-state index is 0.185. The van der Waals surface area contributed by atoms with Crippen LogP contribution < -0.4 is 10.6 Å². The van der Waals surface area contributed by atoms with E-state index in [0.717, 1.165) is 18.9 Å². The molecule has 0 aromatic carbocycles. The highest BCUT2D eigenvalue weighted by Gasteiger charge is 2.49. The number of rotatable bonds is 4. The summed E-state index contributed by atoms with van der Waals surface area (Å²) in [6, 6.07) is 1.09. The van der Waals surface area contributed by atoms with Crippen LogP contribution in [-0.2, 0) is 4.74 Å². The van der Waals surface area contributed by atoms with Crippen molar-refractivity contribution in [1.82, 2.24) is 10.6 Å². The highest BCUT2D eigenvalue weighted by atomic mass is 16.5. The number of hydrogen-bond acceptors (Lipinski definition) is 2. The van der Waals surface area contributed by atoms with Gasteiger partial charge in [-0.05, 0) is 32.6 Å². The zero-order valence-electron chi connectivity index (χ0n) is 12.1. The third-order valence-electron chi connectivity index (χ3n) is 4.54. The molecular weight excluding hydrogens is 226 g/mol. The Hall–Kier alpha value is -0.770. The molecule has 0 heterocycles. The van der Waals surface area contributed by atoms with Gasteiger partial charge in [0, 0.05) is 31.2 Å². The molecule has 0 bridgehead atoms. The molecule has 2 rings (SSSR count). The van der Waals surface area contributed by atoms with E-state index in [1.165, 1.54) is 19.3 Å². The Morgan fingerprint density at radius 3 is 2.50 bits per heavy atom. The van der Waals surface area contributed by atoms with Crippen LogP contribution >= 0.6 is 0 Å². The fourth-order valence-corrected chi connectivity index (χ4v) is 2.73. The monoisotopic (exact) mass is 253 g/mol. The van der Waals surface area contributed by atoms with Gasteiger partial charge in [0.1, 0.15) is 0 Å². The summed E-state index contributed by atoms with van der Waals surface area (Å²) in [6.07, 6.45) is 5.33. The first-order valence-corrected chi connectivity index (χ1v) is 7.18. The molecule has 0 saturated heterocycles. The smallest absolute Gasteiger partial charge is 0.191 e. The van der Waals surface area contributed by atoms with Crippen molar-refractivity contribution in [1.29, 1.82) is 0 Å². The van der Waals surface area contributed by atoms with Crippen molar-refractivity contribution in [2.24, 2.45) is 10.4 Å². The molecule has 2 unspecified atom stereocenters. The molecular formula is C14H27N3O. The maximum atomic E-state index is 5.49. The number of aliphatic imine (C=N–C) groups is 1. The molecule has 2 aliphatic carbocycles. The number of nitrogens with zero attached hydrogens (tertiary/aromatic N) is 1. The molecule has 104 valence electrons. The number of hydrogen-bond donors (Lipinski definition) is 2. The van der Waals surface area contributed by atoms with E-state index in [4.69, 9.17) is 4.74 Å². The predicted molar refractivity (Wildman–Crippen MR) is 74.9 cm³/mol. The van der Waals surface area contributed by atoms with Crippen molar-refractivity contribution in [3.05, 3.63) is 0 Å². The summed E-state index contributed by atoms with van der Waals surface area (Å²) in [5.74, 6) is 0.981. The summed E-state index contributed by atoms with van der Waals surface area (Å²) in [5, 5.41) is 7.09. The lowest BCUT2D eigenvalue weighted by Crippen LogP contribution is -2.64. The first kappa shape index (κ1) is 13.7. The van der Waals surface area contributed by atoms with E-state index in [9.17, 15) is 0 Å². The zero-order valence-corrected chi connectivity index (χ0v) is 12.1. The van der Waals surface area contributed by atoms with Crippen molar-refractivity contribution in [2.75, 3.05) is 13.7 Å². The summed E-state index contributed by atoms with van der Waals surface area (Å²) < 4.78 is 5.49. The van der Waals surface area contributed by atoms with Crippen LogP contribution in [0.5, 0.6) is 0 Å². The van der Waals surface area contributed by atoms with Crippen LogP contribution in [0.1, 0.15) is 46.5 Å². The van der Waals surface area contributed by atoms with Gasteiger partial charge in [-0.3, -0.25) is 4.99 Å². The van der Waals surface area contributed by atoms with Gasteiger partial charge >= 0.3 is 0 Å². The van der Waals surface area contributed by atoms with Gasteiger partial charge in [-0.15, -0.1) is 0 Å². The molecule has 2 N–H and O–H groups in total. The Kier molecular flexibility index (Phi) is 4.15. The van der Waals surface area contributed by atoms with Crippen LogP contribution in [-0.4, -0.2) is 37.8 Å². The SMILES string of the molecule is CCN=C(NC1CCC1)NC1CC(OC)C1(C)C. The third-order valence-corrected chi connectivity index (χ3v) is 4.54. The Morgan fingerprint density at radius 2 is 2.06 bits per heavy atom. The van der Waals surface area contributed by atoms with Crippen LogP contribution in [0.2, 0.25) is 0 Å². The second-order valence-electron chi connectivity index (χ2n) is 6.07. The van der Waals surface area contributed by atoms with Gasteiger partial charge in [0.25, 0.3) is 0 Å². The van der Waals surface area contributed by atoms with Crippen molar-refractivity contribution >= 4 is 5.96 Å².